The number of carbonyl (C=O) groups is 2. The van der Waals surface area contributed by atoms with Crippen molar-refractivity contribution < 1.29 is 9.59 Å². The van der Waals surface area contributed by atoms with E-state index in [2.05, 4.69) is 5.32 Å². The highest BCUT2D eigenvalue weighted by Crippen LogP contribution is 2.17. The van der Waals surface area contributed by atoms with Crippen molar-refractivity contribution >= 4 is 11.9 Å². The van der Waals surface area contributed by atoms with E-state index in [1.165, 1.54) is 0 Å². The quantitative estimate of drug-likeness (QED) is 0.552. The SMILES string of the molecule is CC(C(=O)NC(N)=O)N1CCC(CN)C1. The maximum atomic E-state index is 11.5. The molecule has 1 saturated heterocycles. The molecule has 0 aromatic carbocycles. The Labute approximate surface area is 89.0 Å². The first kappa shape index (κ1) is 11.9. The van der Waals surface area contributed by atoms with Gasteiger partial charge in [0.05, 0.1) is 6.04 Å². The molecule has 6 heteroatoms. The highest BCUT2D eigenvalue weighted by atomic mass is 16.2. The van der Waals surface area contributed by atoms with Crippen LogP contribution in [0.25, 0.3) is 0 Å². The second kappa shape index (κ2) is 5.09. The van der Waals surface area contributed by atoms with Crippen LogP contribution in [0.1, 0.15) is 13.3 Å². The highest BCUT2D eigenvalue weighted by Gasteiger charge is 2.29. The maximum absolute atomic E-state index is 11.5. The van der Waals surface area contributed by atoms with Gasteiger partial charge in [-0.3, -0.25) is 15.0 Å². The number of hydrogen-bond acceptors (Lipinski definition) is 4. The average molecular weight is 214 g/mol. The molecular formula is C9H18N4O2. The average Bonchev–Trinajstić information content (AvgIpc) is 2.63. The molecule has 1 heterocycles. The monoisotopic (exact) mass is 214 g/mol. The zero-order valence-corrected chi connectivity index (χ0v) is 8.90. The third-order valence-electron chi connectivity index (χ3n) is 2.82. The molecule has 86 valence electrons. The van der Waals surface area contributed by atoms with Crippen molar-refractivity contribution in [3.05, 3.63) is 0 Å². The smallest absolute Gasteiger partial charge is 0.318 e. The van der Waals surface area contributed by atoms with Crippen molar-refractivity contribution in [2.24, 2.45) is 17.4 Å². The first-order valence-corrected chi connectivity index (χ1v) is 5.09. The van der Waals surface area contributed by atoms with Gasteiger partial charge in [0.1, 0.15) is 0 Å². The van der Waals surface area contributed by atoms with Gasteiger partial charge in [-0.2, -0.15) is 0 Å². The van der Waals surface area contributed by atoms with Crippen molar-refractivity contribution in [2.75, 3.05) is 19.6 Å². The van der Waals surface area contributed by atoms with Crippen LogP contribution in [0.4, 0.5) is 4.79 Å². The molecule has 3 amide bonds. The molecule has 2 atom stereocenters. The summed E-state index contributed by atoms with van der Waals surface area (Å²) in [7, 11) is 0. The van der Waals surface area contributed by atoms with E-state index in [1.54, 1.807) is 6.92 Å². The molecule has 1 aliphatic heterocycles. The van der Waals surface area contributed by atoms with Gasteiger partial charge in [0.2, 0.25) is 5.91 Å². The topological polar surface area (TPSA) is 101 Å². The van der Waals surface area contributed by atoms with Crippen molar-refractivity contribution in [1.82, 2.24) is 10.2 Å². The van der Waals surface area contributed by atoms with E-state index in [0.29, 0.717) is 12.5 Å². The summed E-state index contributed by atoms with van der Waals surface area (Å²) in [5.74, 6) is 0.106. The molecule has 6 nitrogen and oxygen atoms in total. The first-order valence-electron chi connectivity index (χ1n) is 5.09. The van der Waals surface area contributed by atoms with Crippen LogP contribution < -0.4 is 16.8 Å². The Hall–Kier alpha value is -1.14. The number of amides is 3. The molecule has 5 N–H and O–H groups in total. The van der Waals surface area contributed by atoms with Gasteiger partial charge in [-0.05, 0) is 32.4 Å². The molecule has 1 aliphatic rings. The van der Waals surface area contributed by atoms with Gasteiger partial charge < -0.3 is 11.5 Å². The van der Waals surface area contributed by atoms with Gasteiger partial charge in [-0.25, -0.2) is 4.79 Å². The summed E-state index contributed by atoms with van der Waals surface area (Å²) in [5, 5.41) is 2.08. The van der Waals surface area contributed by atoms with Gasteiger partial charge in [-0.1, -0.05) is 0 Å². The fourth-order valence-electron chi connectivity index (χ4n) is 1.80. The number of urea groups is 1. The van der Waals surface area contributed by atoms with Gasteiger partial charge in [0.25, 0.3) is 0 Å². The minimum atomic E-state index is -0.804. The fraction of sp³-hybridized carbons (Fsp3) is 0.778. The Kier molecular flexibility index (Phi) is 4.05. The predicted molar refractivity (Wildman–Crippen MR) is 55.9 cm³/mol. The summed E-state index contributed by atoms with van der Waals surface area (Å²) in [5.41, 5.74) is 10.4. The number of primary amides is 1. The molecule has 0 radical (unpaired) electrons. The number of rotatable bonds is 3. The zero-order chi connectivity index (χ0) is 11.4. The molecular weight excluding hydrogens is 196 g/mol. The van der Waals surface area contributed by atoms with Crippen molar-refractivity contribution in [2.45, 2.75) is 19.4 Å². The second-order valence-electron chi connectivity index (χ2n) is 3.91. The van der Waals surface area contributed by atoms with Gasteiger partial charge >= 0.3 is 6.03 Å². The molecule has 2 unspecified atom stereocenters. The van der Waals surface area contributed by atoms with E-state index in [4.69, 9.17) is 11.5 Å². The lowest BCUT2D eigenvalue weighted by Crippen LogP contribution is -2.47. The number of likely N-dealkylation sites (tertiary alicyclic amines) is 1. The van der Waals surface area contributed by atoms with Crippen molar-refractivity contribution in [3.8, 4) is 0 Å². The molecule has 0 aromatic heterocycles. The van der Waals surface area contributed by atoms with E-state index in [-0.39, 0.29) is 11.9 Å². The number of imide groups is 1. The molecule has 15 heavy (non-hydrogen) atoms. The van der Waals surface area contributed by atoms with E-state index in [1.807, 2.05) is 4.90 Å². The standard InChI is InChI=1S/C9H18N4O2/c1-6(8(14)12-9(11)15)13-3-2-7(4-10)5-13/h6-7H,2-5,10H2,1H3,(H3,11,12,14,15). The van der Waals surface area contributed by atoms with E-state index in [9.17, 15) is 9.59 Å². The Morgan fingerprint density at radius 2 is 2.27 bits per heavy atom. The van der Waals surface area contributed by atoms with Crippen LogP contribution in [0, 0.1) is 5.92 Å². The first-order chi connectivity index (χ1) is 7.04. The third-order valence-corrected chi connectivity index (χ3v) is 2.82. The zero-order valence-electron chi connectivity index (χ0n) is 8.90. The normalized spacial score (nSPS) is 23.7. The van der Waals surface area contributed by atoms with Gasteiger partial charge in [-0.15, -0.1) is 0 Å². The maximum Gasteiger partial charge on any atom is 0.318 e. The molecule has 0 saturated carbocycles. The number of nitrogens with zero attached hydrogens (tertiary/aromatic N) is 1. The van der Waals surface area contributed by atoms with Gasteiger partial charge in [0, 0.05) is 6.54 Å². The minimum absolute atomic E-state index is 0.325. The van der Waals surface area contributed by atoms with Crippen LogP contribution in [0.3, 0.4) is 0 Å². The van der Waals surface area contributed by atoms with Crippen LogP contribution in [0.2, 0.25) is 0 Å². The van der Waals surface area contributed by atoms with E-state index in [0.717, 1.165) is 19.5 Å². The van der Waals surface area contributed by atoms with Crippen LogP contribution in [0.5, 0.6) is 0 Å². The van der Waals surface area contributed by atoms with Crippen molar-refractivity contribution in [3.63, 3.8) is 0 Å². The van der Waals surface area contributed by atoms with E-state index < -0.39 is 6.03 Å². The Morgan fingerprint density at radius 3 is 2.73 bits per heavy atom. The van der Waals surface area contributed by atoms with Crippen LogP contribution in [-0.4, -0.2) is 42.5 Å². The number of hydrogen-bond donors (Lipinski definition) is 3. The highest BCUT2D eigenvalue weighted by molar-refractivity contribution is 5.96. The van der Waals surface area contributed by atoms with Crippen LogP contribution in [0.15, 0.2) is 0 Å². The summed E-state index contributed by atoms with van der Waals surface area (Å²) in [6, 6.07) is -1.13. The van der Waals surface area contributed by atoms with Crippen LogP contribution in [-0.2, 0) is 4.79 Å². The molecule has 0 aliphatic carbocycles. The lowest BCUT2D eigenvalue weighted by Gasteiger charge is -2.22. The van der Waals surface area contributed by atoms with Gasteiger partial charge in [0.15, 0.2) is 0 Å². The Bertz CT molecular complexity index is 256. The second-order valence-corrected chi connectivity index (χ2v) is 3.91. The molecule has 0 spiro atoms. The predicted octanol–water partition coefficient (Wildman–Crippen LogP) is -1.15. The number of carbonyl (C=O) groups excluding carboxylic acids is 2. The third kappa shape index (κ3) is 3.17. The Balaban J connectivity index is 2.43. The molecule has 1 fully saturated rings. The number of nitrogens with one attached hydrogen (secondary N) is 1. The van der Waals surface area contributed by atoms with E-state index >= 15 is 0 Å². The minimum Gasteiger partial charge on any atom is -0.351 e. The Morgan fingerprint density at radius 1 is 1.60 bits per heavy atom. The van der Waals surface area contributed by atoms with Crippen LogP contribution >= 0.6 is 0 Å². The molecule has 0 bridgehead atoms. The van der Waals surface area contributed by atoms with Crippen molar-refractivity contribution in [1.29, 1.82) is 0 Å². The summed E-state index contributed by atoms with van der Waals surface area (Å²) >= 11 is 0. The molecule has 1 rings (SSSR count). The summed E-state index contributed by atoms with van der Waals surface area (Å²) < 4.78 is 0. The lowest BCUT2D eigenvalue weighted by molar-refractivity contribution is -0.124. The largest absolute Gasteiger partial charge is 0.351 e. The summed E-state index contributed by atoms with van der Waals surface area (Å²) in [6.45, 7) is 4.05. The molecule has 0 aromatic rings. The fourth-order valence-corrected chi connectivity index (χ4v) is 1.80. The summed E-state index contributed by atoms with van der Waals surface area (Å²) in [4.78, 5) is 24.0. The summed E-state index contributed by atoms with van der Waals surface area (Å²) in [6.07, 6.45) is 1.00. The number of nitrogens with two attached hydrogens (primary N) is 2. The lowest BCUT2D eigenvalue weighted by atomic mass is 10.1.